The number of halogens is 1. The first-order valence-electron chi connectivity index (χ1n) is 8.06. The Bertz CT molecular complexity index is 795. The molecule has 1 aliphatic heterocycles. The quantitative estimate of drug-likeness (QED) is 0.793. The van der Waals surface area contributed by atoms with Crippen molar-refractivity contribution >= 4 is 23.0 Å². The van der Waals surface area contributed by atoms with E-state index in [1.54, 1.807) is 19.2 Å². The molecule has 3 rings (SSSR count). The Balaban J connectivity index is 1.80. The normalized spacial score (nSPS) is 17.8. The molecule has 0 fully saturated rings. The highest BCUT2D eigenvalue weighted by molar-refractivity contribution is 7.80. The van der Waals surface area contributed by atoms with E-state index in [1.165, 1.54) is 12.1 Å². The largest absolute Gasteiger partial charge is 0.497 e. The van der Waals surface area contributed by atoms with Crippen LogP contribution in [0, 0.1) is 5.82 Å². The fraction of sp³-hybridized carbons (Fsp3) is 0.316. The lowest BCUT2D eigenvalue weighted by Crippen LogP contribution is -2.42. The summed E-state index contributed by atoms with van der Waals surface area (Å²) in [6.07, 6.45) is 0.734. The SMILES string of the molecule is COc1ccc2c(c1)C(NC(=S)Nc1cccc(F)c1)CC(C)(C)O2. The molecule has 25 heavy (non-hydrogen) atoms. The van der Waals surface area contributed by atoms with Gasteiger partial charge in [-0.1, -0.05) is 6.07 Å². The van der Waals surface area contributed by atoms with E-state index in [1.807, 2.05) is 32.0 Å². The maximum absolute atomic E-state index is 13.3. The maximum Gasteiger partial charge on any atom is 0.171 e. The molecule has 1 aliphatic rings. The topological polar surface area (TPSA) is 42.5 Å². The summed E-state index contributed by atoms with van der Waals surface area (Å²) in [6.45, 7) is 4.08. The van der Waals surface area contributed by atoms with E-state index in [0.717, 1.165) is 23.5 Å². The second kappa shape index (κ2) is 6.88. The zero-order chi connectivity index (χ0) is 18.0. The highest BCUT2D eigenvalue weighted by atomic mass is 32.1. The molecule has 132 valence electrons. The summed E-state index contributed by atoms with van der Waals surface area (Å²) in [6, 6.07) is 11.9. The lowest BCUT2D eigenvalue weighted by atomic mass is 9.89. The van der Waals surface area contributed by atoms with Gasteiger partial charge in [0.05, 0.1) is 13.2 Å². The molecule has 2 N–H and O–H groups in total. The number of fused-ring (bicyclic) bond motifs is 1. The van der Waals surface area contributed by atoms with Crippen LogP contribution >= 0.6 is 12.2 Å². The fourth-order valence-corrected chi connectivity index (χ4v) is 3.24. The van der Waals surface area contributed by atoms with E-state index in [4.69, 9.17) is 21.7 Å². The number of methoxy groups -OCH3 is 1. The Hall–Kier alpha value is -2.34. The Kier molecular flexibility index (Phi) is 4.81. The van der Waals surface area contributed by atoms with Crippen molar-refractivity contribution in [2.45, 2.75) is 31.9 Å². The van der Waals surface area contributed by atoms with Crippen LogP contribution in [-0.2, 0) is 0 Å². The molecule has 1 heterocycles. The van der Waals surface area contributed by atoms with Gasteiger partial charge in [-0.3, -0.25) is 0 Å². The lowest BCUT2D eigenvalue weighted by Gasteiger charge is -2.38. The van der Waals surface area contributed by atoms with Gasteiger partial charge in [-0.15, -0.1) is 0 Å². The van der Waals surface area contributed by atoms with Crippen LogP contribution in [0.15, 0.2) is 42.5 Å². The average molecular weight is 360 g/mol. The van der Waals surface area contributed by atoms with Crippen molar-refractivity contribution in [2.24, 2.45) is 0 Å². The Morgan fingerprint density at radius 3 is 2.80 bits per heavy atom. The van der Waals surface area contributed by atoms with Gasteiger partial charge in [0.1, 0.15) is 22.9 Å². The molecular weight excluding hydrogens is 339 g/mol. The first-order valence-corrected chi connectivity index (χ1v) is 8.47. The smallest absolute Gasteiger partial charge is 0.171 e. The van der Waals surface area contributed by atoms with E-state index in [2.05, 4.69) is 10.6 Å². The summed E-state index contributed by atoms with van der Waals surface area (Å²) < 4.78 is 24.7. The number of hydrogen-bond acceptors (Lipinski definition) is 3. The predicted octanol–water partition coefficient (Wildman–Crippen LogP) is 4.42. The van der Waals surface area contributed by atoms with Crippen LogP contribution in [0.4, 0.5) is 10.1 Å². The molecule has 0 aliphatic carbocycles. The minimum Gasteiger partial charge on any atom is -0.497 e. The van der Waals surface area contributed by atoms with E-state index < -0.39 is 0 Å². The summed E-state index contributed by atoms with van der Waals surface area (Å²) in [5.74, 6) is 1.26. The molecule has 1 atom stereocenters. The number of hydrogen-bond donors (Lipinski definition) is 2. The van der Waals surface area contributed by atoms with E-state index >= 15 is 0 Å². The number of nitrogens with one attached hydrogen (secondary N) is 2. The zero-order valence-corrected chi connectivity index (χ0v) is 15.2. The molecule has 0 saturated carbocycles. The lowest BCUT2D eigenvalue weighted by molar-refractivity contribution is 0.0695. The Labute approximate surface area is 152 Å². The van der Waals surface area contributed by atoms with Gasteiger partial charge >= 0.3 is 0 Å². The summed E-state index contributed by atoms with van der Waals surface area (Å²) in [5, 5.41) is 6.77. The summed E-state index contributed by atoms with van der Waals surface area (Å²) in [5.41, 5.74) is 1.27. The van der Waals surface area contributed by atoms with E-state index in [0.29, 0.717) is 10.8 Å². The van der Waals surface area contributed by atoms with Crippen LogP contribution < -0.4 is 20.1 Å². The predicted molar refractivity (Wildman–Crippen MR) is 101 cm³/mol. The molecule has 4 nitrogen and oxygen atoms in total. The van der Waals surface area contributed by atoms with Gasteiger partial charge in [-0.05, 0) is 62.5 Å². The summed E-state index contributed by atoms with van der Waals surface area (Å²) in [4.78, 5) is 0. The van der Waals surface area contributed by atoms with Crippen LogP contribution in [0.25, 0.3) is 0 Å². The van der Waals surface area contributed by atoms with Crippen LogP contribution in [0.3, 0.4) is 0 Å². The molecule has 0 aromatic heterocycles. The molecule has 0 radical (unpaired) electrons. The fourth-order valence-electron chi connectivity index (χ4n) is 2.98. The van der Waals surface area contributed by atoms with Crippen LogP contribution in [0.1, 0.15) is 31.9 Å². The minimum absolute atomic E-state index is 0.0394. The van der Waals surface area contributed by atoms with Gasteiger partial charge in [0, 0.05) is 17.7 Å². The number of thiocarbonyl (C=S) groups is 1. The standard InChI is InChI=1S/C19H21FN2O2S/c1-19(2)11-16(15-10-14(23-3)7-8-17(15)24-19)22-18(25)21-13-6-4-5-12(20)9-13/h4-10,16H,11H2,1-3H3,(H2,21,22,25). The Morgan fingerprint density at radius 1 is 1.28 bits per heavy atom. The van der Waals surface area contributed by atoms with Crippen molar-refractivity contribution in [1.29, 1.82) is 0 Å². The minimum atomic E-state index is -0.326. The molecule has 0 amide bonds. The molecule has 2 aromatic carbocycles. The molecule has 0 spiro atoms. The summed E-state index contributed by atoms with van der Waals surface area (Å²) in [7, 11) is 1.63. The second-order valence-electron chi connectivity index (χ2n) is 6.63. The number of rotatable bonds is 3. The molecular formula is C19H21FN2O2S. The van der Waals surface area contributed by atoms with Gasteiger partial charge in [0.15, 0.2) is 5.11 Å². The third-order valence-electron chi connectivity index (χ3n) is 4.06. The highest BCUT2D eigenvalue weighted by Gasteiger charge is 2.34. The van der Waals surface area contributed by atoms with Gasteiger partial charge in [-0.2, -0.15) is 0 Å². The maximum atomic E-state index is 13.3. The average Bonchev–Trinajstić information content (AvgIpc) is 2.53. The van der Waals surface area contributed by atoms with Gasteiger partial charge in [-0.25, -0.2) is 4.39 Å². The molecule has 6 heteroatoms. The zero-order valence-electron chi connectivity index (χ0n) is 14.4. The van der Waals surface area contributed by atoms with Crippen molar-refractivity contribution in [3.63, 3.8) is 0 Å². The Morgan fingerprint density at radius 2 is 2.08 bits per heavy atom. The second-order valence-corrected chi connectivity index (χ2v) is 7.04. The van der Waals surface area contributed by atoms with E-state index in [9.17, 15) is 4.39 Å². The van der Waals surface area contributed by atoms with Crippen molar-refractivity contribution in [3.05, 3.63) is 53.8 Å². The van der Waals surface area contributed by atoms with Gasteiger partial charge in [0.2, 0.25) is 0 Å². The highest BCUT2D eigenvalue weighted by Crippen LogP contribution is 2.41. The molecule has 1 unspecified atom stereocenters. The number of anilines is 1. The third kappa shape index (κ3) is 4.20. The molecule has 2 aromatic rings. The first kappa shape index (κ1) is 17.5. The van der Waals surface area contributed by atoms with Crippen molar-refractivity contribution < 1.29 is 13.9 Å². The van der Waals surface area contributed by atoms with Crippen molar-refractivity contribution in [3.8, 4) is 11.5 Å². The molecule has 0 saturated heterocycles. The molecule has 0 bridgehead atoms. The third-order valence-corrected chi connectivity index (χ3v) is 4.28. The monoisotopic (exact) mass is 360 g/mol. The number of benzene rings is 2. The number of ether oxygens (including phenoxy) is 2. The van der Waals surface area contributed by atoms with Crippen LogP contribution in [0.5, 0.6) is 11.5 Å². The van der Waals surface area contributed by atoms with Crippen molar-refractivity contribution in [2.75, 3.05) is 12.4 Å². The van der Waals surface area contributed by atoms with Crippen molar-refractivity contribution in [1.82, 2.24) is 5.32 Å². The van der Waals surface area contributed by atoms with E-state index in [-0.39, 0.29) is 17.5 Å². The van der Waals surface area contributed by atoms with Gasteiger partial charge in [0.25, 0.3) is 0 Å². The van der Waals surface area contributed by atoms with Crippen LogP contribution in [-0.4, -0.2) is 17.8 Å². The first-order chi connectivity index (χ1) is 11.9. The summed E-state index contributed by atoms with van der Waals surface area (Å²) >= 11 is 5.41. The van der Waals surface area contributed by atoms with Crippen LogP contribution in [0.2, 0.25) is 0 Å². The van der Waals surface area contributed by atoms with Gasteiger partial charge < -0.3 is 20.1 Å².